The number of carbonyl (C=O) groups is 1. The highest BCUT2D eigenvalue weighted by atomic mass is 16.2. The number of guanidine groups is 1. The third-order valence-corrected chi connectivity index (χ3v) is 5.00. The number of nitrogens with one attached hydrogen (secondary N) is 3. The Kier molecular flexibility index (Phi) is 6.37. The molecule has 0 bridgehead atoms. The molecule has 1 aliphatic heterocycles. The first-order valence-electron chi connectivity index (χ1n) is 9.97. The van der Waals surface area contributed by atoms with Gasteiger partial charge in [-0.3, -0.25) is 9.79 Å². The van der Waals surface area contributed by atoms with Crippen LogP contribution in [0.3, 0.4) is 0 Å². The lowest BCUT2D eigenvalue weighted by atomic mass is 10.1. The van der Waals surface area contributed by atoms with E-state index in [4.69, 9.17) is 4.99 Å². The van der Waals surface area contributed by atoms with E-state index in [1.165, 1.54) is 16.5 Å². The minimum absolute atomic E-state index is 0.0572. The number of aromatic nitrogens is 1. The molecule has 0 saturated carbocycles. The highest BCUT2D eigenvalue weighted by Gasteiger charge is 2.27. The van der Waals surface area contributed by atoms with Crippen LogP contribution in [0.15, 0.2) is 35.5 Å². The maximum atomic E-state index is 12.2. The van der Waals surface area contributed by atoms with Gasteiger partial charge >= 0.3 is 0 Å². The van der Waals surface area contributed by atoms with Gasteiger partial charge in [0.15, 0.2) is 5.96 Å². The highest BCUT2D eigenvalue weighted by molar-refractivity contribution is 5.83. The zero-order valence-electron chi connectivity index (χ0n) is 16.6. The van der Waals surface area contributed by atoms with E-state index < -0.39 is 0 Å². The second kappa shape index (κ2) is 8.93. The number of hydrogen-bond donors (Lipinski definition) is 3. The molecule has 0 aliphatic carbocycles. The molecule has 6 heteroatoms. The Balaban J connectivity index is 1.56. The molecule has 3 N–H and O–H groups in total. The number of aliphatic imine (C=N–C) groups is 1. The van der Waals surface area contributed by atoms with Gasteiger partial charge < -0.3 is 20.5 Å². The van der Waals surface area contributed by atoms with Crippen molar-refractivity contribution in [2.45, 2.75) is 39.7 Å². The third kappa shape index (κ3) is 4.81. The van der Waals surface area contributed by atoms with Crippen molar-refractivity contribution in [1.82, 2.24) is 20.5 Å². The molecule has 146 valence electrons. The number of likely N-dealkylation sites (tertiary alicyclic amines) is 1. The minimum Gasteiger partial charge on any atom is -0.361 e. The summed E-state index contributed by atoms with van der Waals surface area (Å²) in [4.78, 5) is 22.2. The zero-order valence-corrected chi connectivity index (χ0v) is 16.6. The number of nitrogens with zero attached hydrogens (tertiary/aromatic N) is 2. The molecular weight excluding hydrogens is 338 g/mol. The van der Waals surface area contributed by atoms with Crippen LogP contribution < -0.4 is 10.6 Å². The highest BCUT2D eigenvalue weighted by Crippen LogP contribution is 2.18. The van der Waals surface area contributed by atoms with E-state index in [-0.39, 0.29) is 17.9 Å². The summed E-state index contributed by atoms with van der Waals surface area (Å²) in [7, 11) is 0. The quantitative estimate of drug-likeness (QED) is 0.541. The fourth-order valence-corrected chi connectivity index (χ4v) is 3.58. The van der Waals surface area contributed by atoms with Crippen LogP contribution in [0.4, 0.5) is 0 Å². The lowest BCUT2D eigenvalue weighted by Crippen LogP contribution is -2.45. The van der Waals surface area contributed by atoms with Gasteiger partial charge in [-0.15, -0.1) is 0 Å². The molecule has 1 atom stereocenters. The Labute approximate surface area is 161 Å². The van der Waals surface area contributed by atoms with Gasteiger partial charge in [-0.2, -0.15) is 0 Å². The largest absolute Gasteiger partial charge is 0.361 e. The van der Waals surface area contributed by atoms with Crippen LogP contribution in [-0.2, 0) is 11.2 Å². The van der Waals surface area contributed by atoms with E-state index in [2.05, 4.69) is 46.9 Å². The van der Waals surface area contributed by atoms with Crippen molar-refractivity contribution >= 4 is 22.8 Å². The topological polar surface area (TPSA) is 72.5 Å². The van der Waals surface area contributed by atoms with Gasteiger partial charge in [-0.25, -0.2) is 0 Å². The summed E-state index contributed by atoms with van der Waals surface area (Å²) < 4.78 is 0. The average Bonchev–Trinajstić information content (AvgIpc) is 3.28. The summed E-state index contributed by atoms with van der Waals surface area (Å²) in [5.41, 5.74) is 2.46. The number of hydrogen-bond acceptors (Lipinski definition) is 2. The molecule has 0 radical (unpaired) electrons. The molecule has 2 heterocycles. The number of fused-ring (bicyclic) bond motifs is 1. The Morgan fingerprint density at radius 2 is 2.19 bits per heavy atom. The van der Waals surface area contributed by atoms with Crippen molar-refractivity contribution in [2.75, 3.05) is 26.2 Å². The lowest BCUT2D eigenvalue weighted by Gasteiger charge is -2.20. The van der Waals surface area contributed by atoms with Crippen molar-refractivity contribution in [1.29, 1.82) is 0 Å². The Hall–Kier alpha value is -2.50. The molecule has 1 amide bonds. The molecule has 1 unspecified atom stereocenters. The summed E-state index contributed by atoms with van der Waals surface area (Å²) >= 11 is 0. The zero-order chi connectivity index (χ0) is 19.2. The van der Waals surface area contributed by atoms with Crippen LogP contribution in [0, 0.1) is 5.92 Å². The smallest absolute Gasteiger partial charge is 0.225 e. The van der Waals surface area contributed by atoms with E-state index in [1.54, 1.807) is 0 Å². The molecule has 6 nitrogen and oxygen atoms in total. The van der Waals surface area contributed by atoms with Crippen LogP contribution in [0.5, 0.6) is 0 Å². The van der Waals surface area contributed by atoms with Gasteiger partial charge in [0.25, 0.3) is 0 Å². The average molecular weight is 370 g/mol. The van der Waals surface area contributed by atoms with E-state index in [9.17, 15) is 4.79 Å². The van der Waals surface area contributed by atoms with Gasteiger partial charge in [0.05, 0.1) is 0 Å². The van der Waals surface area contributed by atoms with Gasteiger partial charge in [-0.05, 0) is 31.4 Å². The van der Waals surface area contributed by atoms with Crippen molar-refractivity contribution < 1.29 is 4.79 Å². The van der Waals surface area contributed by atoms with E-state index in [0.717, 1.165) is 45.0 Å². The molecular formula is C21H31N5O. The second-order valence-corrected chi connectivity index (χ2v) is 7.44. The Morgan fingerprint density at radius 3 is 2.96 bits per heavy atom. The number of para-hydroxylation sites is 1. The molecule has 1 fully saturated rings. The summed E-state index contributed by atoms with van der Waals surface area (Å²) in [6.45, 7) is 9.10. The fourth-order valence-electron chi connectivity index (χ4n) is 3.58. The van der Waals surface area contributed by atoms with Gasteiger partial charge in [0.2, 0.25) is 5.91 Å². The second-order valence-electron chi connectivity index (χ2n) is 7.44. The summed E-state index contributed by atoms with van der Waals surface area (Å²) in [6, 6.07) is 8.62. The third-order valence-electron chi connectivity index (χ3n) is 5.00. The summed E-state index contributed by atoms with van der Waals surface area (Å²) in [5, 5.41) is 8.08. The maximum absolute atomic E-state index is 12.2. The molecule has 2 aromatic rings. The van der Waals surface area contributed by atoms with Crippen LogP contribution in [0.25, 0.3) is 10.9 Å². The van der Waals surface area contributed by atoms with Crippen LogP contribution in [-0.4, -0.2) is 54.0 Å². The first-order chi connectivity index (χ1) is 13.1. The molecule has 3 rings (SSSR count). The van der Waals surface area contributed by atoms with Crippen LogP contribution in [0.2, 0.25) is 0 Å². The summed E-state index contributed by atoms with van der Waals surface area (Å²) in [5.74, 6) is 1.13. The van der Waals surface area contributed by atoms with E-state index in [1.807, 2.05) is 24.8 Å². The molecule has 1 aromatic carbocycles. The predicted octanol–water partition coefficient (Wildman–Crippen LogP) is 2.52. The molecule has 27 heavy (non-hydrogen) atoms. The van der Waals surface area contributed by atoms with E-state index >= 15 is 0 Å². The normalized spacial score (nSPS) is 17.7. The first-order valence-corrected chi connectivity index (χ1v) is 9.97. The van der Waals surface area contributed by atoms with Gasteiger partial charge in [0, 0.05) is 55.2 Å². The van der Waals surface area contributed by atoms with Gasteiger partial charge in [-0.1, -0.05) is 32.0 Å². The first kappa shape index (κ1) is 19.3. The SMILES string of the molecule is CCNC(=NCCc1c[nH]c2ccccc12)NC1CCN(C(=O)C(C)C)C1. The monoisotopic (exact) mass is 369 g/mol. The van der Waals surface area contributed by atoms with E-state index in [0.29, 0.717) is 0 Å². The Bertz CT molecular complexity index is 795. The molecule has 1 aromatic heterocycles. The fraction of sp³-hybridized carbons (Fsp3) is 0.524. The summed E-state index contributed by atoms with van der Waals surface area (Å²) in [6.07, 6.45) is 3.93. The minimum atomic E-state index is 0.0572. The Morgan fingerprint density at radius 1 is 1.37 bits per heavy atom. The molecule has 0 spiro atoms. The number of rotatable bonds is 6. The van der Waals surface area contributed by atoms with Crippen LogP contribution >= 0.6 is 0 Å². The van der Waals surface area contributed by atoms with Crippen molar-refractivity contribution in [3.63, 3.8) is 0 Å². The number of amides is 1. The molecule has 1 aliphatic rings. The predicted molar refractivity (Wildman–Crippen MR) is 111 cm³/mol. The molecule has 1 saturated heterocycles. The van der Waals surface area contributed by atoms with Crippen LogP contribution in [0.1, 0.15) is 32.8 Å². The van der Waals surface area contributed by atoms with Crippen molar-refractivity contribution in [3.8, 4) is 0 Å². The standard InChI is InChI=1S/C21H31N5O/c1-4-22-21(25-17-10-12-26(14-17)20(27)15(2)3)23-11-9-16-13-24-19-8-6-5-7-18(16)19/h5-8,13,15,17,24H,4,9-12,14H2,1-3H3,(H2,22,23,25). The lowest BCUT2D eigenvalue weighted by molar-refractivity contribution is -0.133. The number of aromatic amines is 1. The van der Waals surface area contributed by atoms with Crippen molar-refractivity contribution in [2.24, 2.45) is 10.9 Å². The number of benzene rings is 1. The number of H-pyrrole nitrogens is 1. The van der Waals surface area contributed by atoms with Crippen molar-refractivity contribution in [3.05, 3.63) is 36.0 Å². The maximum Gasteiger partial charge on any atom is 0.225 e. The van der Waals surface area contributed by atoms with Gasteiger partial charge in [0.1, 0.15) is 0 Å². The number of carbonyl (C=O) groups excluding carboxylic acids is 1.